The maximum absolute atomic E-state index is 13.4. The van der Waals surface area contributed by atoms with Gasteiger partial charge in [-0.3, -0.25) is 4.72 Å². The van der Waals surface area contributed by atoms with E-state index in [2.05, 4.69) is 9.97 Å². The van der Waals surface area contributed by atoms with Crippen LogP contribution in [0.15, 0.2) is 41.7 Å². The van der Waals surface area contributed by atoms with Gasteiger partial charge in [-0.25, -0.2) is 19.2 Å². The summed E-state index contributed by atoms with van der Waals surface area (Å²) in [6, 6.07) is 4.46. The number of aromatic carboxylic acids is 1. The molecule has 7 nitrogen and oxygen atoms in total. The van der Waals surface area contributed by atoms with Crippen molar-refractivity contribution in [3.8, 4) is 0 Å². The van der Waals surface area contributed by atoms with E-state index in [0.717, 1.165) is 24.5 Å². The average molecular weight is 297 g/mol. The molecule has 9 heteroatoms. The summed E-state index contributed by atoms with van der Waals surface area (Å²) in [5, 5.41) is 7.99. The van der Waals surface area contributed by atoms with Gasteiger partial charge in [0.15, 0.2) is 5.82 Å². The summed E-state index contributed by atoms with van der Waals surface area (Å²) in [5.74, 6) is -2.32. The number of aromatic nitrogens is 2. The molecule has 104 valence electrons. The minimum atomic E-state index is -4.24. The molecule has 0 saturated carbocycles. The molecule has 0 bridgehead atoms. The van der Waals surface area contributed by atoms with Crippen molar-refractivity contribution < 1.29 is 22.7 Å². The number of carbonyl (C=O) groups is 1. The van der Waals surface area contributed by atoms with Crippen molar-refractivity contribution in [2.24, 2.45) is 0 Å². The highest BCUT2D eigenvalue weighted by atomic mass is 32.2. The molecule has 2 rings (SSSR count). The summed E-state index contributed by atoms with van der Waals surface area (Å²) in [6.45, 7) is 0. The van der Waals surface area contributed by atoms with Crippen LogP contribution in [-0.2, 0) is 10.0 Å². The van der Waals surface area contributed by atoms with Crippen LogP contribution in [0.3, 0.4) is 0 Å². The molecular formula is C11H8FN3O4S. The van der Waals surface area contributed by atoms with E-state index < -0.39 is 26.8 Å². The lowest BCUT2D eigenvalue weighted by Gasteiger charge is -2.08. The van der Waals surface area contributed by atoms with E-state index in [1.807, 2.05) is 4.72 Å². The van der Waals surface area contributed by atoms with E-state index in [1.165, 1.54) is 12.1 Å². The van der Waals surface area contributed by atoms with E-state index in [1.54, 1.807) is 0 Å². The number of nitrogens with one attached hydrogen (secondary N) is 1. The summed E-state index contributed by atoms with van der Waals surface area (Å²) in [5.41, 5.74) is -0.394. The molecule has 2 aromatic rings. The van der Waals surface area contributed by atoms with Crippen LogP contribution in [0.25, 0.3) is 0 Å². The molecule has 0 aliphatic rings. The molecule has 0 amide bonds. The molecule has 0 aliphatic heterocycles. The fraction of sp³-hybridized carbons (Fsp3) is 0. The van der Waals surface area contributed by atoms with Crippen LogP contribution in [0, 0.1) is 5.82 Å². The molecule has 2 aromatic heterocycles. The summed E-state index contributed by atoms with van der Waals surface area (Å²) in [6.07, 6.45) is 2.25. The summed E-state index contributed by atoms with van der Waals surface area (Å²) < 4.78 is 39.3. The fourth-order valence-corrected chi connectivity index (χ4v) is 2.44. The predicted octanol–water partition coefficient (Wildman–Crippen LogP) is 1.11. The largest absolute Gasteiger partial charge is 0.477 e. The smallest absolute Gasteiger partial charge is 0.354 e. The Morgan fingerprint density at radius 2 is 2.00 bits per heavy atom. The number of halogens is 1. The third kappa shape index (κ3) is 2.88. The summed E-state index contributed by atoms with van der Waals surface area (Å²) in [7, 11) is -4.24. The van der Waals surface area contributed by atoms with Crippen molar-refractivity contribution in [1.82, 2.24) is 9.97 Å². The van der Waals surface area contributed by atoms with Gasteiger partial charge in [0.05, 0.1) is 5.69 Å². The maximum Gasteiger partial charge on any atom is 0.354 e. The molecule has 0 atom stereocenters. The average Bonchev–Trinajstić information content (AvgIpc) is 2.38. The second-order valence-electron chi connectivity index (χ2n) is 3.63. The van der Waals surface area contributed by atoms with Crippen LogP contribution in [0.4, 0.5) is 10.1 Å². The first-order chi connectivity index (χ1) is 9.40. The van der Waals surface area contributed by atoms with Crippen LogP contribution in [-0.4, -0.2) is 29.5 Å². The van der Waals surface area contributed by atoms with Gasteiger partial charge < -0.3 is 5.11 Å². The lowest BCUT2D eigenvalue weighted by atomic mass is 10.3. The zero-order valence-electron chi connectivity index (χ0n) is 9.82. The van der Waals surface area contributed by atoms with Crippen molar-refractivity contribution in [3.05, 3.63) is 48.2 Å². The van der Waals surface area contributed by atoms with Crippen LogP contribution in [0.1, 0.15) is 10.5 Å². The first kappa shape index (κ1) is 13.9. The summed E-state index contributed by atoms with van der Waals surface area (Å²) in [4.78, 5) is 17.7. The SMILES string of the molecule is O=C(O)c1cc(NS(=O)(=O)c2ncccc2F)ccn1. The Balaban J connectivity index is 2.36. The molecule has 0 saturated heterocycles. The van der Waals surface area contributed by atoms with Crippen molar-refractivity contribution in [2.45, 2.75) is 5.03 Å². The number of nitrogens with zero attached hydrogens (tertiary/aromatic N) is 2. The third-order valence-electron chi connectivity index (χ3n) is 2.21. The number of pyridine rings is 2. The van der Waals surface area contributed by atoms with Gasteiger partial charge >= 0.3 is 5.97 Å². The number of rotatable bonds is 4. The second kappa shape index (κ2) is 5.21. The second-order valence-corrected chi connectivity index (χ2v) is 5.23. The lowest BCUT2D eigenvalue weighted by molar-refractivity contribution is 0.0690. The minimum Gasteiger partial charge on any atom is -0.477 e. The topological polar surface area (TPSA) is 109 Å². The highest BCUT2D eigenvalue weighted by Crippen LogP contribution is 2.16. The molecule has 2 N–H and O–H groups in total. The van der Waals surface area contributed by atoms with E-state index in [-0.39, 0.29) is 11.4 Å². The normalized spacial score (nSPS) is 11.1. The first-order valence-electron chi connectivity index (χ1n) is 5.23. The van der Waals surface area contributed by atoms with Gasteiger partial charge in [0, 0.05) is 12.4 Å². The monoisotopic (exact) mass is 297 g/mol. The van der Waals surface area contributed by atoms with Gasteiger partial charge in [-0.1, -0.05) is 0 Å². The van der Waals surface area contributed by atoms with E-state index in [9.17, 15) is 17.6 Å². The van der Waals surface area contributed by atoms with Gasteiger partial charge in [0.1, 0.15) is 5.69 Å². The number of hydrogen-bond donors (Lipinski definition) is 2. The minimum absolute atomic E-state index is 0.0533. The van der Waals surface area contributed by atoms with Gasteiger partial charge in [0.25, 0.3) is 10.0 Å². The highest BCUT2D eigenvalue weighted by Gasteiger charge is 2.21. The number of hydrogen-bond acceptors (Lipinski definition) is 5. The zero-order chi connectivity index (χ0) is 14.8. The first-order valence-corrected chi connectivity index (χ1v) is 6.71. The number of anilines is 1. The van der Waals surface area contributed by atoms with Crippen LogP contribution in [0.2, 0.25) is 0 Å². The quantitative estimate of drug-likeness (QED) is 0.875. The fourth-order valence-electron chi connectivity index (χ4n) is 1.38. The Morgan fingerprint density at radius 1 is 1.25 bits per heavy atom. The molecule has 20 heavy (non-hydrogen) atoms. The Kier molecular flexibility index (Phi) is 3.61. The summed E-state index contributed by atoms with van der Waals surface area (Å²) >= 11 is 0. The van der Waals surface area contributed by atoms with Crippen LogP contribution >= 0.6 is 0 Å². The highest BCUT2D eigenvalue weighted by molar-refractivity contribution is 7.92. The molecule has 0 spiro atoms. The van der Waals surface area contributed by atoms with E-state index >= 15 is 0 Å². The van der Waals surface area contributed by atoms with Crippen LogP contribution in [0.5, 0.6) is 0 Å². The Morgan fingerprint density at radius 3 is 2.65 bits per heavy atom. The van der Waals surface area contributed by atoms with E-state index in [0.29, 0.717) is 0 Å². The van der Waals surface area contributed by atoms with Crippen molar-refractivity contribution >= 4 is 21.7 Å². The van der Waals surface area contributed by atoms with Crippen molar-refractivity contribution in [1.29, 1.82) is 0 Å². The van der Waals surface area contributed by atoms with Gasteiger partial charge in [0.2, 0.25) is 5.03 Å². The Hall–Kier alpha value is -2.55. The molecule has 0 unspecified atom stereocenters. The molecule has 2 heterocycles. The van der Waals surface area contributed by atoms with Crippen molar-refractivity contribution in [3.63, 3.8) is 0 Å². The molecule has 0 aliphatic carbocycles. The molecular weight excluding hydrogens is 289 g/mol. The predicted molar refractivity (Wildman–Crippen MR) is 66.2 cm³/mol. The lowest BCUT2D eigenvalue weighted by Crippen LogP contribution is -2.16. The van der Waals surface area contributed by atoms with Gasteiger partial charge in [-0.05, 0) is 24.3 Å². The molecule has 0 fully saturated rings. The maximum atomic E-state index is 13.4. The number of sulfonamides is 1. The third-order valence-corrected chi connectivity index (χ3v) is 3.52. The Bertz CT molecular complexity index is 764. The van der Waals surface area contributed by atoms with Crippen molar-refractivity contribution in [2.75, 3.05) is 4.72 Å². The number of carboxylic acids is 1. The van der Waals surface area contributed by atoms with E-state index in [4.69, 9.17) is 5.11 Å². The van der Waals surface area contributed by atoms with Gasteiger partial charge in [-0.2, -0.15) is 8.42 Å². The Labute approximate surface area is 113 Å². The molecule has 0 radical (unpaired) electrons. The standard InChI is InChI=1S/C11H8FN3O4S/c12-8-2-1-4-14-10(8)20(18,19)15-7-3-5-13-9(6-7)11(16)17/h1-6H,(H,13,15)(H,16,17). The number of carboxylic acid groups (broad SMARTS) is 1. The zero-order valence-corrected chi connectivity index (χ0v) is 10.6. The van der Waals surface area contributed by atoms with Gasteiger partial charge in [-0.15, -0.1) is 0 Å². The van der Waals surface area contributed by atoms with Crippen LogP contribution < -0.4 is 4.72 Å². The molecule has 0 aromatic carbocycles.